The summed E-state index contributed by atoms with van der Waals surface area (Å²) < 4.78 is 1.94. The van der Waals surface area contributed by atoms with E-state index in [1.807, 2.05) is 44.5 Å². The normalized spacial score (nSPS) is 10.9. The van der Waals surface area contributed by atoms with Gasteiger partial charge in [-0.3, -0.25) is 25.1 Å². The highest BCUT2D eigenvalue weighted by Gasteiger charge is 2.16. The van der Waals surface area contributed by atoms with Gasteiger partial charge in [0.15, 0.2) is 0 Å². The van der Waals surface area contributed by atoms with E-state index in [4.69, 9.17) is 0 Å². The number of hydrazine groups is 1. The van der Waals surface area contributed by atoms with Crippen LogP contribution in [0.1, 0.15) is 52.3 Å². The summed E-state index contributed by atoms with van der Waals surface area (Å²) in [5.41, 5.74) is 10.2. The molecular weight excluding hydrogens is 328 g/mol. The van der Waals surface area contributed by atoms with Gasteiger partial charge >= 0.3 is 0 Å². The molecule has 2 N–H and O–H groups in total. The number of hydrogen-bond donors (Lipinski definition) is 2. The van der Waals surface area contributed by atoms with Crippen LogP contribution in [0.3, 0.4) is 0 Å². The van der Waals surface area contributed by atoms with Crippen molar-refractivity contribution < 1.29 is 9.59 Å². The van der Waals surface area contributed by atoms with Gasteiger partial charge in [-0.25, -0.2) is 0 Å². The Kier molecular flexibility index (Phi) is 6.18. The zero-order valence-electron chi connectivity index (χ0n) is 16.4. The standard InChI is InChI=1S/C20H28N4O2/c1-12(2)11-24-16(6)18(15(5)23-24)10-19(25)21-22-20(26)17-8-7-13(3)9-14(17)4/h7-9,12H,10-11H2,1-6H3,(H,21,25)(H,22,26). The van der Waals surface area contributed by atoms with Gasteiger partial charge in [-0.05, 0) is 45.2 Å². The monoisotopic (exact) mass is 356 g/mol. The fourth-order valence-corrected chi connectivity index (χ4v) is 2.98. The minimum Gasteiger partial charge on any atom is -0.273 e. The Hall–Kier alpha value is -2.63. The molecule has 1 aromatic heterocycles. The Balaban J connectivity index is 1.99. The molecule has 0 bridgehead atoms. The first-order chi connectivity index (χ1) is 12.2. The number of aromatic nitrogens is 2. The minimum absolute atomic E-state index is 0.183. The minimum atomic E-state index is -0.320. The molecule has 0 fully saturated rings. The number of carbonyl (C=O) groups is 2. The third kappa shape index (κ3) is 4.71. The van der Waals surface area contributed by atoms with Crippen molar-refractivity contribution in [3.63, 3.8) is 0 Å². The number of carbonyl (C=O) groups excluding carboxylic acids is 2. The summed E-state index contributed by atoms with van der Waals surface area (Å²) in [6.07, 6.45) is 0.183. The highest BCUT2D eigenvalue weighted by Crippen LogP contribution is 2.15. The van der Waals surface area contributed by atoms with Crippen LogP contribution >= 0.6 is 0 Å². The molecule has 0 radical (unpaired) electrons. The van der Waals surface area contributed by atoms with Crippen LogP contribution in [0.5, 0.6) is 0 Å². The van der Waals surface area contributed by atoms with E-state index < -0.39 is 0 Å². The summed E-state index contributed by atoms with van der Waals surface area (Å²) in [4.78, 5) is 24.5. The Morgan fingerprint density at radius 2 is 1.81 bits per heavy atom. The van der Waals surface area contributed by atoms with E-state index in [1.54, 1.807) is 6.07 Å². The number of rotatable bonds is 5. The molecule has 2 amide bonds. The molecule has 1 aromatic carbocycles. The van der Waals surface area contributed by atoms with Crippen LogP contribution in [-0.4, -0.2) is 21.6 Å². The average Bonchev–Trinajstić information content (AvgIpc) is 2.79. The fourth-order valence-electron chi connectivity index (χ4n) is 2.98. The molecule has 0 aliphatic rings. The molecule has 0 atom stereocenters. The smallest absolute Gasteiger partial charge is 0.269 e. The van der Waals surface area contributed by atoms with E-state index in [-0.39, 0.29) is 18.2 Å². The summed E-state index contributed by atoms with van der Waals surface area (Å²) in [5.74, 6) is -0.107. The van der Waals surface area contributed by atoms with Crippen molar-refractivity contribution in [3.05, 3.63) is 51.8 Å². The van der Waals surface area contributed by atoms with Crippen LogP contribution < -0.4 is 10.9 Å². The van der Waals surface area contributed by atoms with Crippen molar-refractivity contribution >= 4 is 11.8 Å². The number of aryl methyl sites for hydroxylation is 3. The van der Waals surface area contributed by atoms with Crippen molar-refractivity contribution in [2.75, 3.05) is 0 Å². The van der Waals surface area contributed by atoms with Gasteiger partial charge in [-0.1, -0.05) is 31.5 Å². The third-order valence-electron chi connectivity index (χ3n) is 4.35. The van der Waals surface area contributed by atoms with Gasteiger partial charge in [-0.2, -0.15) is 5.10 Å². The Morgan fingerprint density at radius 1 is 1.12 bits per heavy atom. The lowest BCUT2D eigenvalue weighted by Gasteiger charge is -2.10. The summed E-state index contributed by atoms with van der Waals surface area (Å²) in [6, 6.07) is 5.57. The maximum Gasteiger partial charge on any atom is 0.269 e. The van der Waals surface area contributed by atoms with E-state index >= 15 is 0 Å². The van der Waals surface area contributed by atoms with Gasteiger partial charge in [0, 0.05) is 23.4 Å². The Morgan fingerprint density at radius 3 is 2.42 bits per heavy atom. The molecule has 0 saturated heterocycles. The molecule has 0 aliphatic carbocycles. The lowest BCUT2D eigenvalue weighted by molar-refractivity contribution is -0.121. The fraction of sp³-hybridized carbons (Fsp3) is 0.450. The van der Waals surface area contributed by atoms with Gasteiger partial charge in [0.2, 0.25) is 5.91 Å². The van der Waals surface area contributed by atoms with Crippen molar-refractivity contribution in [2.45, 2.75) is 54.5 Å². The van der Waals surface area contributed by atoms with Crippen molar-refractivity contribution in [3.8, 4) is 0 Å². The second-order valence-corrected chi connectivity index (χ2v) is 7.22. The van der Waals surface area contributed by atoms with Gasteiger partial charge in [0.05, 0.1) is 12.1 Å². The molecule has 0 aliphatic heterocycles. The zero-order valence-corrected chi connectivity index (χ0v) is 16.4. The summed E-state index contributed by atoms with van der Waals surface area (Å²) in [5, 5.41) is 4.52. The molecular formula is C20H28N4O2. The lowest BCUT2D eigenvalue weighted by Crippen LogP contribution is -2.42. The van der Waals surface area contributed by atoms with Gasteiger partial charge in [0.25, 0.3) is 5.91 Å². The number of benzene rings is 1. The molecule has 2 rings (SSSR count). The summed E-state index contributed by atoms with van der Waals surface area (Å²) in [6.45, 7) is 12.8. The van der Waals surface area contributed by atoms with Gasteiger partial charge in [-0.15, -0.1) is 0 Å². The van der Waals surface area contributed by atoms with E-state index in [1.165, 1.54) is 0 Å². The predicted molar refractivity (Wildman–Crippen MR) is 102 cm³/mol. The van der Waals surface area contributed by atoms with E-state index in [0.29, 0.717) is 11.5 Å². The number of nitrogens with zero attached hydrogens (tertiary/aromatic N) is 2. The molecule has 1 heterocycles. The maximum atomic E-state index is 12.3. The van der Waals surface area contributed by atoms with E-state index in [2.05, 4.69) is 29.8 Å². The summed E-state index contributed by atoms with van der Waals surface area (Å²) in [7, 11) is 0. The first kappa shape index (κ1) is 19.7. The molecule has 0 spiro atoms. The van der Waals surface area contributed by atoms with Crippen molar-refractivity contribution in [2.24, 2.45) is 5.92 Å². The summed E-state index contributed by atoms with van der Waals surface area (Å²) >= 11 is 0. The third-order valence-corrected chi connectivity index (χ3v) is 4.35. The average molecular weight is 356 g/mol. The second-order valence-electron chi connectivity index (χ2n) is 7.22. The largest absolute Gasteiger partial charge is 0.273 e. The van der Waals surface area contributed by atoms with Crippen LogP contribution in [0.25, 0.3) is 0 Å². The van der Waals surface area contributed by atoms with Crippen LogP contribution in [0.4, 0.5) is 0 Å². The molecule has 0 unspecified atom stereocenters. The topological polar surface area (TPSA) is 76.0 Å². The number of hydrogen-bond acceptors (Lipinski definition) is 3. The molecule has 140 valence electrons. The van der Waals surface area contributed by atoms with Crippen LogP contribution in [0, 0.1) is 33.6 Å². The highest BCUT2D eigenvalue weighted by molar-refractivity contribution is 5.96. The van der Waals surface area contributed by atoms with Crippen LogP contribution in [0.2, 0.25) is 0 Å². The SMILES string of the molecule is Cc1ccc(C(=O)NNC(=O)Cc2c(C)nn(CC(C)C)c2C)c(C)c1. The van der Waals surface area contributed by atoms with Gasteiger partial charge < -0.3 is 0 Å². The van der Waals surface area contributed by atoms with Crippen LogP contribution in [0.15, 0.2) is 18.2 Å². The van der Waals surface area contributed by atoms with Gasteiger partial charge in [0.1, 0.15) is 0 Å². The molecule has 2 aromatic rings. The zero-order chi connectivity index (χ0) is 19.4. The first-order valence-electron chi connectivity index (χ1n) is 8.88. The molecule has 26 heavy (non-hydrogen) atoms. The van der Waals surface area contributed by atoms with Crippen molar-refractivity contribution in [1.29, 1.82) is 0 Å². The molecule has 6 heteroatoms. The van der Waals surface area contributed by atoms with Crippen LogP contribution in [-0.2, 0) is 17.8 Å². The number of amides is 2. The first-order valence-corrected chi connectivity index (χ1v) is 8.88. The Bertz CT molecular complexity index is 821. The van der Waals surface area contributed by atoms with E-state index in [0.717, 1.165) is 34.6 Å². The predicted octanol–water partition coefficient (Wildman–Crippen LogP) is 2.78. The lowest BCUT2D eigenvalue weighted by atomic mass is 10.1. The maximum absolute atomic E-state index is 12.3. The highest BCUT2D eigenvalue weighted by atomic mass is 16.2. The van der Waals surface area contributed by atoms with Crippen molar-refractivity contribution in [1.82, 2.24) is 20.6 Å². The van der Waals surface area contributed by atoms with E-state index in [9.17, 15) is 9.59 Å². The molecule has 0 saturated carbocycles. The second kappa shape index (κ2) is 8.17. The molecule has 6 nitrogen and oxygen atoms in total. The number of nitrogens with one attached hydrogen (secondary N) is 2. The Labute approximate surface area is 155 Å². The quantitative estimate of drug-likeness (QED) is 0.809.